The van der Waals surface area contributed by atoms with Gasteiger partial charge in [0.15, 0.2) is 0 Å². The van der Waals surface area contributed by atoms with Gasteiger partial charge >= 0.3 is 0 Å². The fourth-order valence-corrected chi connectivity index (χ4v) is 3.33. The number of aryl methyl sites for hydroxylation is 1. The van der Waals surface area contributed by atoms with Gasteiger partial charge in [0.1, 0.15) is 11.6 Å². The van der Waals surface area contributed by atoms with Crippen LogP contribution in [0.4, 0.5) is 10.1 Å². The molecule has 0 radical (unpaired) electrons. The van der Waals surface area contributed by atoms with Gasteiger partial charge in [0.2, 0.25) is 0 Å². The first kappa shape index (κ1) is 17.9. The van der Waals surface area contributed by atoms with Gasteiger partial charge in [-0.05, 0) is 44.2 Å². The molecule has 0 amide bonds. The van der Waals surface area contributed by atoms with Crippen LogP contribution in [0.5, 0.6) is 0 Å². The van der Waals surface area contributed by atoms with E-state index >= 15 is 0 Å². The summed E-state index contributed by atoms with van der Waals surface area (Å²) >= 11 is 0. The molecule has 0 bridgehead atoms. The SMILES string of the molecule is CCN1CCN(c2ccc(F)cc2[C@@H](C)NCc2cc(C)on2)CC1. The third-order valence-corrected chi connectivity index (χ3v) is 4.88. The van der Waals surface area contributed by atoms with Crippen LogP contribution in [0.2, 0.25) is 0 Å². The Morgan fingerprint density at radius 1 is 1.24 bits per heavy atom. The molecule has 3 rings (SSSR count). The molecule has 1 fully saturated rings. The van der Waals surface area contributed by atoms with Crippen molar-refractivity contribution in [1.82, 2.24) is 15.4 Å². The second kappa shape index (κ2) is 7.97. The zero-order chi connectivity index (χ0) is 17.8. The third kappa shape index (κ3) is 4.38. The Hall–Kier alpha value is -1.92. The maximum Gasteiger partial charge on any atom is 0.133 e. The lowest BCUT2D eigenvalue weighted by atomic mass is 10.0. The minimum absolute atomic E-state index is 0.0203. The molecular weight excluding hydrogens is 319 g/mol. The monoisotopic (exact) mass is 346 g/mol. The van der Waals surface area contributed by atoms with Crippen LogP contribution in [0.15, 0.2) is 28.8 Å². The first-order chi connectivity index (χ1) is 12.1. The smallest absolute Gasteiger partial charge is 0.133 e. The van der Waals surface area contributed by atoms with Crippen molar-refractivity contribution in [2.24, 2.45) is 0 Å². The maximum atomic E-state index is 13.9. The van der Waals surface area contributed by atoms with Crippen molar-refractivity contribution < 1.29 is 8.91 Å². The number of likely N-dealkylation sites (N-methyl/N-ethyl adjacent to an activating group) is 1. The first-order valence-corrected chi connectivity index (χ1v) is 8.99. The Morgan fingerprint density at radius 3 is 2.64 bits per heavy atom. The van der Waals surface area contributed by atoms with Gasteiger partial charge < -0.3 is 19.6 Å². The summed E-state index contributed by atoms with van der Waals surface area (Å²) in [7, 11) is 0. The summed E-state index contributed by atoms with van der Waals surface area (Å²) in [6.07, 6.45) is 0. The van der Waals surface area contributed by atoms with E-state index in [1.807, 2.05) is 19.1 Å². The van der Waals surface area contributed by atoms with Crippen LogP contribution in [0.25, 0.3) is 0 Å². The highest BCUT2D eigenvalue weighted by Crippen LogP contribution is 2.28. The minimum Gasteiger partial charge on any atom is -0.369 e. The average molecular weight is 346 g/mol. The van der Waals surface area contributed by atoms with E-state index in [0.717, 1.165) is 55.4 Å². The van der Waals surface area contributed by atoms with E-state index < -0.39 is 0 Å². The van der Waals surface area contributed by atoms with Crippen molar-refractivity contribution in [2.45, 2.75) is 33.4 Å². The molecule has 0 aliphatic carbocycles. The largest absolute Gasteiger partial charge is 0.369 e. The Kier molecular flexibility index (Phi) is 5.71. The number of nitrogens with one attached hydrogen (secondary N) is 1. The van der Waals surface area contributed by atoms with E-state index in [-0.39, 0.29) is 11.9 Å². The average Bonchev–Trinajstić information content (AvgIpc) is 3.05. The number of hydrogen-bond acceptors (Lipinski definition) is 5. The molecule has 6 heteroatoms. The van der Waals surface area contributed by atoms with Crippen LogP contribution in [-0.4, -0.2) is 42.8 Å². The summed E-state index contributed by atoms with van der Waals surface area (Å²) in [5, 5.41) is 7.43. The number of rotatable bonds is 6. The van der Waals surface area contributed by atoms with Gasteiger partial charge in [-0.25, -0.2) is 4.39 Å². The highest BCUT2D eigenvalue weighted by molar-refractivity contribution is 5.55. The molecule has 25 heavy (non-hydrogen) atoms. The van der Waals surface area contributed by atoms with Gasteiger partial charge in [0, 0.05) is 50.5 Å². The molecule has 2 aromatic rings. The Balaban J connectivity index is 1.72. The summed E-state index contributed by atoms with van der Waals surface area (Å²) in [6.45, 7) is 11.9. The van der Waals surface area contributed by atoms with Crippen molar-refractivity contribution >= 4 is 5.69 Å². The zero-order valence-corrected chi connectivity index (χ0v) is 15.3. The van der Waals surface area contributed by atoms with Gasteiger partial charge in [-0.2, -0.15) is 0 Å². The molecular formula is C19H27FN4O. The van der Waals surface area contributed by atoms with Gasteiger partial charge in [-0.3, -0.25) is 0 Å². The fourth-order valence-electron chi connectivity index (χ4n) is 3.33. The van der Waals surface area contributed by atoms with Gasteiger partial charge in [-0.1, -0.05) is 12.1 Å². The molecule has 2 heterocycles. The number of halogens is 1. The highest BCUT2D eigenvalue weighted by atomic mass is 19.1. The maximum absolute atomic E-state index is 13.9. The van der Waals surface area contributed by atoms with Crippen LogP contribution in [0.3, 0.4) is 0 Å². The van der Waals surface area contributed by atoms with Crippen molar-refractivity contribution in [2.75, 3.05) is 37.6 Å². The number of piperazine rings is 1. The summed E-state index contributed by atoms with van der Waals surface area (Å²) in [6, 6.07) is 7.04. The van der Waals surface area contributed by atoms with Crippen molar-refractivity contribution in [3.05, 3.63) is 47.1 Å². The Morgan fingerprint density at radius 2 is 2.00 bits per heavy atom. The molecule has 1 aliphatic rings. The molecule has 136 valence electrons. The topological polar surface area (TPSA) is 44.5 Å². The molecule has 1 aromatic carbocycles. The van der Waals surface area contributed by atoms with Crippen LogP contribution < -0.4 is 10.2 Å². The molecule has 0 unspecified atom stereocenters. The number of hydrogen-bond donors (Lipinski definition) is 1. The van der Waals surface area contributed by atoms with E-state index in [1.165, 1.54) is 0 Å². The number of aromatic nitrogens is 1. The second-order valence-electron chi connectivity index (χ2n) is 6.66. The van der Waals surface area contributed by atoms with Gasteiger partial charge in [-0.15, -0.1) is 0 Å². The first-order valence-electron chi connectivity index (χ1n) is 8.99. The van der Waals surface area contributed by atoms with E-state index in [1.54, 1.807) is 12.1 Å². The Bertz CT molecular complexity index is 694. The van der Waals surface area contributed by atoms with Crippen LogP contribution in [0.1, 0.15) is 36.9 Å². The lowest BCUT2D eigenvalue weighted by Crippen LogP contribution is -2.46. The quantitative estimate of drug-likeness (QED) is 0.871. The molecule has 1 N–H and O–H groups in total. The molecule has 1 atom stereocenters. The standard InChI is InChI=1S/C19H27FN4O/c1-4-23-7-9-24(10-8-23)19-6-5-16(20)12-18(19)15(3)21-13-17-11-14(2)25-22-17/h5-6,11-12,15,21H,4,7-10,13H2,1-3H3/t15-/m1/s1. The Labute approximate surface area is 148 Å². The molecule has 1 aromatic heterocycles. The van der Waals surface area contributed by atoms with E-state index in [4.69, 9.17) is 4.52 Å². The molecule has 1 aliphatic heterocycles. The second-order valence-corrected chi connectivity index (χ2v) is 6.66. The van der Waals surface area contributed by atoms with Gasteiger partial charge in [0.25, 0.3) is 0 Å². The van der Waals surface area contributed by atoms with E-state index in [2.05, 4.69) is 34.1 Å². The molecule has 1 saturated heterocycles. The van der Waals surface area contributed by atoms with Crippen molar-refractivity contribution in [1.29, 1.82) is 0 Å². The molecule has 0 saturated carbocycles. The predicted molar refractivity (Wildman–Crippen MR) is 97.2 cm³/mol. The fraction of sp³-hybridized carbons (Fsp3) is 0.526. The molecule has 0 spiro atoms. The summed E-state index contributed by atoms with van der Waals surface area (Å²) < 4.78 is 19.0. The van der Waals surface area contributed by atoms with Crippen LogP contribution in [-0.2, 0) is 6.54 Å². The van der Waals surface area contributed by atoms with E-state index in [9.17, 15) is 4.39 Å². The van der Waals surface area contributed by atoms with Gasteiger partial charge in [0.05, 0.1) is 5.69 Å². The normalized spacial score (nSPS) is 17.0. The minimum atomic E-state index is -0.197. The summed E-state index contributed by atoms with van der Waals surface area (Å²) in [5.74, 6) is 0.599. The third-order valence-electron chi connectivity index (χ3n) is 4.88. The summed E-state index contributed by atoms with van der Waals surface area (Å²) in [4.78, 5) is 4.80. The lowest BCUT2D eigenvalue weighted by Gasteiger charge is -2.37. The van der Waals surface area contributed by atoms with Crippen molar-refractivity contribution in [3.63, 3.8) is 0 Å². The zero-order valence-electron chi connectivity index (χ0n) is 15.3. The van der Waals surface area contributed by atoms with Crippen LogP contribution in [0, 0.1) is 12.7 Å². The number of benzene rings is 1. The number of nitrogens with zero attached hydrogens (tertiary/aromatic N) is 3. The molecule has 5 nitrogen and oxygen atoms in total. The highest BCUT2D eigenvalue weighted by Gasteiger charge is 2.21. The van der Waals surface area contributed by atoms with Crippen molar-refractivity contribution in [3.8, 4) is 0 Å². The number of anilines is 1. The lowest BCUT2D eigenvalue weighted by molar-refractivity contribution is 0.271. The predicted octanol–water partition coefficient (Wildman–Crippen LogP) is 3.11. The van der Waals surface area contributed by atoms with Crippen LogP contribution >= 0.6 is 0 Å². The van der Waals surface area contributed by atoms with E-state index in [0.29, 0.717) is 6.54 Å². The summed E-state index contributed by atoms with van der Waals surface area (Å²) in [5.41, 5.74) is 2.97.